The fourth-order valence-corrected chi connectivity index (χ4v) is 3.32. The molecule has 0 aromatic rings. The molecule has 1 rings (SSSR count). The van der Waals surface area contributed by atoms with Gasteiger partial charge >= 0.3 is 11.9 Å². The molecule has 0 N–H and O–H groups in total. The topological polar surface area (TPSA) is 71.1 Å². The van der Waals surface area contributed by atoms with Crippen LogP contribution in [0.2, 0.25) is 0 Å². The van der Waals surface area contributed by atoms with Gasteiger partial charge in [0.25, 0.3) is 0 Å². The lowest BCUT2D eigenvalue weighted by Crippen LogP contribution is -2.71. The van der Waals surface area contributed by atoms with Gasteiger partial charge in [-0.3, -0.25) is 9.59 Å². The van der Waals surface area contributed by atoms with E-state index < -0.39 is 16.1 Å². The number of esters is 2. The second kappa shape index (κ2) is 6.19. The summed E-state index contributed by atoms with van der Waals surface area (Å²) in [4.78, 5) is 23.6. The molecule has 0 aliphatic heterocycles. The number of rotatable bonds is 6. The van der Waals surface area contributed by atoms with E-state index in [1.165, 1.54) is 21.3 Å². The van der Waals surface area contributed by atoms with E-state index in [1.807, 2.05) is 0 Å². The fraction of sp³-hybridized carbons (Fsp3) is 0.833. The molecule has 0 bridgehead atoms. The minimum Gasteiger partial charge on any atom is -0.469 e. The van der Waals surface area contributed by atoms with Gasteiger partial charge in [0.15, 0.2) is 10.1 Å². The summed E-state index contributed by atoms with van der Waals surface area (Å²) in [6.07, 6.45) is 0.494. The number of carbonyl (C=O) groups excluding carboxylic acids is 2. The van der Waals surface area contributed by atoms with Crippen molar-refractivity contribution in [3.8, 4) is 0 Å². The Morgan fingerprint density at radius 3 is 2.26 bits per heavy atom. The normalized spacial score (nSPS) is 28.4. The molecule has 0 unspecified atom stereocenters. The van der Waals surface area contributed by atoms with E-state index >= 15 is 0 Å². The summed E-state index contributed by atoms with van der Waals surface area (Å²) in [6.45, 7) is 1.95. The standard InChI is InChI=1S/C12H19BrO6/c1-5-19-10(15)12(13)8(6-9(14)16-2)7-11(12,17-3)18-4/h8H,5-7H2,1-4H3/t8-,12-/m0/s1. The SMILES string of the molecule is CCOC(=O)[C@@]1(Br)[C@@H](CC(=O)OC)CC1(OC)OC. The van der Waals surface area contributed by atoms with Gasteiger partial charge in [0.05, 0.1) is 20.1 Å². The molecule has 0 aromatic carbocycles. The van der Waals surface area contributed by atoms with Crippen molar-refractivity contribution >= 4 is 27.9 Å². The van der Waals surface area contributed by atoms with Crippen molar-refractivity contribution in [2.45, 2.75) is 29.9 Å². The van der Waals surface area contributed by atoms with Gasteiger partial charge < -0.3 is 18.9 Å². The van der Waals surface area contributed by atoms with E-state index in [4.69, 9.17) is 14.2 Å². The third-order valence-corrected chi connectivity index (χ3v) is 5.08. The average Bonchev–Trinajstić information content (AvgIpc) is 2.41. The summed E-state index contributed by atoms with van der Waals surface area (Å²) in [5, 5.41) is 0. The predicted octanol–water partition coefficient (Wildman–Crippen LogP) is 1.26. The quantitative estimate of drug-likeness (QED) is 0.412. The van der Waals surface area contributed by atoms with E-state index in [0.717, 1.165) is 0 Å². The van der Waals surface area contributed by atoms with Crippen LogP contribution in [0, 0.1) is 5.92 Å². The van der Waals surface area contributed by atoms with Crippen LogP contribution < -0.4 is 0 Å². The Hall–Kier alpha value is -0.660. The zero-order valence-electron chi connectivity index (χ0n) is 11.5. The molecule has 1 saturated carbocycles. The van der Waals surface area contributed by atoms with Crippen molar-refractivity contribution in [3.05, 3.63) is 0 Å². The third-order valence-electron chi connectivity index (χ3n) is 3.50. The number of halogens is 1. The van der Waals surface area contributed by atoms with Crippen molar-refractivity contribution in [2.75, 3.05) is 27.9 Å². The van der Waals surface area contributed by atoms with Crippen LogP contribution in [0.15, 0.2) is 0 Å². The molecule has 2 atom stereocenters. The predicted molar refractivity (Wildman–Crippen MR) is 69.8 cm³/mol. The van der Waals surface area contributed by atoms with E-state index in [1.54, 1.807) is 6.92 Å². The lowest BCUT2D eigenvalue weighted by Gasteiger charge is -2.56. The number of hydrogen-bond acceptors (Lipinski definition) is 6. The third kappa shape index (κ3) is 2.51. The summed E-state index contributed by atoms with van der Waals surface area (Å²) in [5.74, 6) is -2.32. The van der Waals surface area contributed by atoms with E-state index in [0.29, 0.717) is 6.42 Å². The maximum atomic E-state index is 12.2. The number of hydrogen-bond donors (Lipinski definition) is 0. The maximum absolute atomic E-state index is 12.2. The first-order valence-corrected chi connectivity index (χ1v) is 6.74. The molecule has 0 heterocycles. The molecule has 19 heavy (non-hydrogen) atoms. The Labute approximate surface area is 120 Å². The molecule has 110 valence electrons. The van der Waals surface area contributed by atoms with Crippen LogP contribution in [-0.4, -0.2) is 50.0 Å². The summed E-state index contributed by atoms with van der Waals surface area (Å²) in [6, 6.07) is 0. The molecule has 1 fully saturated rings. The molecule has 0 spiro atoms. The lowest BCUT2D eigenvalue weighted by molar-refractivity contribution is -0.291. The maximum Gasteiger partial charge on any atom is 0.328 e. The van der Waals surface area contributed by atoms with Crippen LogP contribution in [-0.2, 0) is 28.5 Å². The molecule has 7 heteroatoms. The van der Waals surface area contributed by atoms with Gasteiger partial charge in [0.2, 0.25) is 0 Å². The summed E-state index contributed by atoms with van der Waals surface area (Å²) >= 11 is 3.37. The summed E-state index contributed by atoms with van der Waals surface area (Å²) in [7, 11) is 4.21. The Balaban J connectivity index is 2.98. The van der Waals surface area contributed by atoms with Gasteiger partial charge in [0, 0.05) is 26.6 Å². The van der Waals surface area contributed by atoms with Crippen LogP contribution in [0.1, 0.15) is 19.8 Å². The number of methoxy groups -OCH3 is 3. The second-order valence-corrected chi connectivity index (χ2v) is 5.53. The molecule has 6 nitrogen and oxygen atoms in total. The first-order valence-electron chi connectivity index (χ1n) is 5.95. The van der Waals surface area contributed by atoms with Crippen LogP contribution >= 0.6 is 15.9 Å². The average molecular weight is 339 g/mol. The Morgan fingerprint density at radius 2 is 1.84 bits per heavy atom. The zero-order chi connectivity index (χ0) is 14.7. The number of alkyl halides is 1. The number of carbonyl (C=O) groups is 2. The monoisotopic (exact) mass is 338 g/mol. The van der Waals surface area contributed by atoms with Gasteiger partial charge in [-0.15, -0.1) is 0 Å². The molecular formula is C12H19BrO6. The molecule has 1 aliphatic carbocycles. The van der Waals surface area contributed by atoms with Crippen LogP contribution in [0.3, 0.4) is 0 Å². The minimum atomic E-state index is -1.20. The largest absolute Gasteiger partial charge is 0.469 e. The zero-order valence-corrected chi connectivity index (χ0v) is 13.1. The Bertz CT molecular complexity index is 354. The van der Waals surface area contributed by atoms with E-state index in [2.05, 4.69) is 20.7 Å². The van der Waals surface area contributed by atoms with Crippen LogP contribution in [0.5, 0.6) is 0 Å². The first kappa shape index (κ1) is 16.4. The molecule has 0 radical (unpaired) electrons. The van der Waals surface area contributed by atoms with Crippen molar-refractivity contribution in [1.82, 2.24) is 0 Å². The summed E-state index contributed by atoms with van der Waals surface area (Å²) in [5.41, 5.74) is 0. The van der Waals surface area contributed by atoms with Crippen molar-refractivity contribution in [2.24, 2.45) is 5.92 Å². The highest BCUT2D eigenvalue weighted by Gasteiger charge is 2.71. The second-order valence-electron chi connectivity index (χ2n) is 4.27. The van der Waals surface area contributed by atoms with E-state index in [9.17, 15) is 9.59 Å². The minimum absolute atomic E-state index is 0.0923. The highest BCUT2D eigenvalue weighted by atomic mass is 79.9. The Kier molecular flexibility index (Phi) is 5.34. The van der Waals surface area contributed by atoms with E-state index in [-0.39, 0.29) is 24.9 Å². The summed E-state index contributed by atoms with van der Waals surface area (Å²) < 4.78 is 19.1. The van der Waals surface area contributed by atoms with Crippen LogP contribution in [0.4, 0.5) is 0 Å². The molecule has 0 amide bonds. The van der Waals surface area contributed by atoms with Gasteiger partial charge in [-0.1, -0.05) is 15.9 Å². The van der Waals surface area contributed by atoms with Crippen molar-refractivity contribution in [3.63, 3.8) is 0 Å². The van der Waals surface area contributed by atoms with Crippen molar-refractivity contribution in [1.29, 1.82) is 0 Å². The Morgan fingerprint density at radius 1 is 1.26 bits per heavy atom. The van der Waals surface area contributed by atoms with Gasteiger partial charge in [0.1, 0.15) is 0 Å². The molecule has 0 saturated heterocycles. The lowest BCUT2D eigenvalue weighted by atomic mass is 9.65. The number of ether oxygens (including phenoxy) is 4. The molecule has 0 aromatic heterocycles. The highest BCUT2D eigenvalue weighted by Crippen LogP contribution is 2.58. The van der Waals surface area contributed by atoms with Gasteiger partial charge in [-0.05, 0) is 6.92 Å². The smallest absolute Gasteiger partial charge is 0.328 e. The van der Waals surface area contributed by atoms with Gasteiger partial charge in [-0.2, -0.15) is 0 Å². The molecule has 1 aliphatic rings. The van der Waals surface area contributed by atoms with Crippen molar-refractivity contribution < 1.29 is 28.5 Å². The first-order chi connectivity index (χ1) is 8.91. The molecular weight excluding hydrogens is 320 g/mol. The fourth-order valence-electron chi connectivity index (χ4n) is 2.40. The van der Waals surface area contributed by atoms with Crippen LogP contribution in [0.25, 0.3) is 0 Å². The van der Waals surface area contributed by atoms with Gasteiger partial charge in [-0.25, -0.2) is 0 Å². The highest BCUT2D eigenvalue weighted by molar-refractivity contribution is 9.10.